The molecule has 1 N–H and O–H groups in total. The van der Waals surface area contributed by atoms with Crippen molar-refractivity contribution >= 4 is 58.2 Å². The lowest BCUT2D eigenvalue weighted by molar-refractivity contribution is -0.117. The molecule has 3 aromatic carbocycles. The smallest absolute Gasteiger partial charge is 0.269 e. The quantitative estimate of drug-likeness (QED) is 0.327. The SMILES string of the molecule is N#C/C(C(=O)Nc1ccccc1F)=C1\S[C@H](Cc2cccc(Cl)c2Cl)C(=O)N1c1ccccc1. The summed E-state index contributed by atoms with van der Waals surface area (Å²) in [5, 5.41) is 12.5. The van der Waals surface area contributed by atoms with Crippen molar-refractivity contribution in [2.45, 2.75) is 11.7 Å². The van der Waals surface area contributed by atoms with E-state index in [9.17, 15) is 19.2 Å². The van der Waals surface area contributed by atoms with Gasteiger partial charge in [0.05, 0.1) is 21.0 Å². The molecule has 34 heavy (non-hydrogen) atoms. The van der Waals surface area contributed by atoms with Gasteiger partial charge in [0.25, 0.3) is 5.91 Å². The molecule has 0 saturated carbocycles. The molecule has 1 heterocycles. The number of nitriles is 1. The minimum atomic E-state index is -0.815. The first kappa shape index (κ1) is 23.8. The van der Waals surface area contributed by atoms with Gasteiger partial charge in [0.1, 0.15) is 22.5 Å². The Morgan fingerprint density at radius 3 is 2.47 bits per heavy atom. The molecule has 5 nitrogen and oxygen atoms in total. The standard InChI is InChI=1S/C25H16Cl2FN3O2S/c26-18-10-6-7-15(22(18)27)13-21-24(33)31(16-8-2-1-3-9-16)25(34-21)17(14-29)23(32)30-20-12-5-4-11-19(20)28/h1-12,21H,13H2,(H,30,32)/b25-17+/t21-/m1/s1. The van der Waals surface area contributed by atoms with Crippen LogP contribution in [0.15, 0.2) is 83.4 Å². The molecule has 1 saturated heterocycles. The van der Waals surface area contributed by atoms with Crippen LogP contribution in [0, 0.1) is 17.1 Å². The zero-order valence-electron chi connectivity index (χ0n) is 17.5. The van der Waals surface area contributed by atoms with E-state index in [1.54, 1.807) is 54.6 Å². The Hall–Kier alpha value is -3.31. The number of anilines is 2. The number of hydrogen-bond donors (Lipinski definition) is 1. The number of nitrogens with one attached hydrogen (secondary N) is 1. The summed E-state index contributed by atoms with van der Waals surface area (Å²) in [6.45, 7) is 0. The molecule has 1 aliphatic heterocycles. The molecule has 2 amide bonds. The molecule has 1 atom stereocenters. The highest BCUT2D eigenvalue weighted by atomic mass is 35.5. The van der Waals surface area contributed by atoms with Crippen LogP contribution in [0.25, 0.3) is 0 Å². The number of rotatable bonds is 5. The number of carbonyl (C=O) groups is 2. The van der Waals surface area contributed by atoms with Crippen molar-refractivity contribution in [1.29, 1.82) is 5.26 Å². The Morgan fingerprint density at radius 2 is 1.76 bits per heavy atom. The number of thioether (sulfide) groups is 1. The van der Waals surface area contributed by atoms with Gasteiger partial charge in [-0.3, -0.25) is 14.5 Å². The Morgan fingerprint density at radius 1 is 1.06 bits per heavy atom. The number of benzene rings is 3. The molecule has 0 spiro atoms. The van der Waals surface area contributed by atoms with Crippen LogP contribution in [-0.2, 0) is 16.0 Å². The number of halogens is 3. The average molecular weight is 512 g/mol. The van der Waals surface area contributed by atoms with E-state index in [0.717, 1.165) is 11.8 Å². The molecule has 0 unspecified atom stereocenters. The fourth-order valence-corrected chi connectivity index (χ4v) is 5.15. The van der Waals surface area contributed by atoms with Crippen molar-refractivity contribution in [1.82, 2.24) is 0 Å². The molecule has 0 aliphatic carbocycles. The first-order chi connectivity index (χ1) is 16.4. The fourth-order valence-electron chi connectivity index (χ4n) is 3.45. The van der Waals surface area contributed by atoms with Crippen LogP contribution < -0.4 is 10.2 Å². The molecule has 0 aromatic heterocycles. The zero-order chi connectivity index (χ0) is 24.2. The van der Waals surface area contributed by atoms with Crippen LogP contribution in [0.5, 0.6) is 0 Å². The van der Waals surface area contributed by atoms with Crippen molar-refractivity contribution in [2.24, 2.45) is 0 Å². The highest BCUT2D eigenvalue weighted by Crippen LogP contribution is 2.43. The summed E-state index contributed by atoms with van der Waals surface area (Å²) in [6.07, 6.45) is 0.239. The monoisotopic (exact) mass is 511 g/mol. The Kier molecular flexibility index (Phi) is 7.23. The van der Waals surface area contributed by atoms with E-state index in [0.29, 0.717) is 21.3 Å². The van der Waals surface area contributed by atoms with Gasteiger partial charge in [0.2, 0.25) is 5.91 Å². The minimum Gasteiger partial charge on any atom is -0.319 e. The van der Waals surface area contributed by atoms with E-state index in [2.05, 4.69) is 5.32 Å². The van der Waals surface area contributed by atoms with Crippen LogP contribution in [-0.4, -0.2) is 17.1 Å². The topological polar surface area (TPSA) is 73.2 Å². The zero-order valence-corrected chi connectivity index (χ0v) is 19.8. The van der Waals surface area contributed by atoms with Crippen LogP contribution in [0.2, 0.25) is 10.0 Å². The maximum atomic E-state index is 14.1. The highest BCUT2D eigenvalue weighted by Gasteiger charge is 2.41. The molecule has 0 radical (unpaired) electrons. The number of hydrogen-bond acceptors (Lipinski definition) is 4. The second kappa shape index (κ2) is 10.3. The summed E-state index contributed by atoms with van der Waals surface area (Å²) in [7, 11) is 0. The number of carbonyl (C=O) groups excluding carboxylic acids is 2. The highest BCUT2D eigenvalue weighted by molar-refractivity contribution is 8.05. The van der Waals surface area contributed by atoms with E-state index >= 15 is 0 Å². The Labute approximate surface area is 209 Å². The first-order valence-electron chi connectivity index (χ1n) is 10.1. The molecular weight excluding hydrogens is 496 g/mol. The fraction of sp³-hybridized carbons (Fsp3) is 0.0800. The van der Waals surface area contributed by atoms with Gasteiger partial charge in [0, 0.05) is 5.69 Å². The molecule has 1 fully saturated rings. The number of para-hydroxylation sites is 2. The summed E-state index contributed by atoms with van der Waals surface area (Å²) in [5.41, 5.74) is 0.804. The van der Waals surface area contributed by atoms with Crippen LogP contribution >= 0.6 is 35.0 Å². The lowest BCUT2D eigenvalue weighted by atomic mass is 10.1. The van der Waals surface area contributed by atoms with Gasteiger partial charge in [-0.2, -0.15) is 5.26 Å². The van der Waals surface area contributed by atoms with E-state index in [1.165, 1.54) is 23.1 Å². The Balaban J connectivity index is 1.74. The molecule has 170 valence electrons. The maximum absolute atomic E-state index is 14.1. The molecule has 4 rings (SSSR count). The van der Waals surface area contributed by atoms with Gasteiger partial charge in [0.15, 0.2) is 0 Å². The number of nitrogens with zero attached hydrogens (tertiary/aromatic N) is 2. The molecule has 3 aromatic rings. The van der Waals surface area contributed by atoms with Crippen molar-refractivity contribution in [3.63, 3.8) is 0 Å². The van der Waals surface area contributed by atoms with Crippen molar-refractivity contribution in [2.75, 3.05) is 10.2 Å². The predicted octanol–water partition coefficient (Wildman–Crippen LogP) is 6.20. The lowest BCUT2D eigenvalue weighted by Gasteiger charge is -2.18. The van der Waals surface area contributed by atoms with Crippen LogP contribution in [0.4, 0.5) is 15.8 Å². The average Bonchev–Trinajstić information content (AvgIpc) is 3.15. The minimum absolute atomic E-state index is 0.0660. The molecule has 1 aliphatic rings. The van der Waals surface area contributed by atoms with E-state index in [-0.39, 0.29) is 28.6 Å². The lowest BCUT2D eigenvalue weighted by Crippen LogP contribution is -2.31. The maximum Gasteiger partial charge on any atom is 0.269 e. The predicted molar refractivity (Wildman–Crippen MR) is 133 cm³/mol. The third-order valence-corrected chi connectivity index (χ3v) is 7.20. The van der Waals surface area contributed by atoms with Gasteiger partial charge in [-0.15, -0.1) is 0 Å². The van der Waals surface area contributed by atoms with Gasteiger partial charge in [-0.1, -0.05) is 77.4 Å². The van der Waals surface area contributed by atoms with Gasteiger partial charge in [-0.05, 0) is 42.3 Å². The normalized spacial score (nSPS) is 16.8. The van der Waals surface area contributed by atoms with E-state index in [1.807, 2.05) is 6.07 Å². The third kappa shape index (κ3) is 4.80. The second-order valence-electron chi connectivity index (χ2n) is 7.26. The summed E-state index contributed by atoms with van der Waals surface area (Å²) in [4.78, 5) is 27.8. The molecule has 0 bridgehead atoms. The molecule has 9 heteroatoms. The van der Waals surface area contributed by atoms with Gasteiger partial charge >= 0.3 is 0 Å². The van der Waals surface area contributed by atoms with Crippen molar-refractivity contribution < 1.29 is 14.0 Å². The van der Waals surface area contributed by atoms with E-state index < -0.39 is 17.0 Å². The first-order valence-corrected chi connectivity index (χ1v) is 11.7. The van der Waals surface area contributed by atoms with Crippen molar-refractivity contribution in [3.8, 4) is 6.07 Å². The summed E-state index contributed by atoms with van der Waals surface area (Å²) in [6, 6.07) is 21.4. The second-order valence-corrected chi connectivity index (χ2v) is 9.24. The van der Waals surface area contributed by atoms with Crippen LogP contribution in [0.1, 0.15) is 5.56 Å². The van der Waals surface area contributed by atoms with Gasteiger partial charge < -0.3 is 5.32 Å². The summed E-state index contributed by atoms with van der Waals surface area (Å²) in [5.74, 6) is -1.76. The van der Waals surface area contributed by atoms with Crippen LogP contribution in [0.3, 0.4) is 0 Å². The molecular formula is C25H16Cl2FN3O2S. The number of amides is 2. The summed E-state index contributed by atoms with van der Waals surface area (Å²) < 4.78 is 14.1. The summed E-state index contributed by atoms with van der Waals surface area (Å²) >= 11 is 13.5. The van der Waals surface area contributed by atoms with Gasteiger partial charge in [-0.25, -0.2) is 4.39 Å². The third-order valence-electron chi connectivity index (χ3n) is 5.08. The largest absolute Gasteiger partial charge is 0.319 e. The van der Waals surface area contributed by atoms with E-state index in [4.69, 9.17) is 23.2 Å². The Bertz CT molecular complexity index is 1340. The van der Waals surface area contributed by atoms with Crippen molar-refractivity contribution in [3.05, 3.63) is 105 Å².